The molecule has 0 unspecified atom stereocenters. The van der Waals surface area contributed by atoms with Crippen molar-refractivity contribution in [3.8, 4) is 0 Å². The van der Waals surface area contributed by atoms with Gasteiger partial charge in [0.1, 0.15) is 0 Å². The largest absolute Gasteiger partial charge is 0.383 e. The van der Waals surface area contributed by atoms with Crippen molar-refractivity contribution in [2.75, 3.05) is 53.6 Å². The number of ether oxygens (including phenoxy) is 2. The highest BCUT2D eigenvalue weighted by Gasteiger charge is 2.31. The third-order valence-electron chi connectivity index (χ3n) is 3.24. The van der Waals surface area contributed by atoms with Gasteiger partial charge in [0.15, 0.2) is 0 Å². The Morgan fingerprint density at radius 2 is 1.63 bits per heavy atom. The van der Waals surface area contributed by atoms with Crippen LogP contribution >= 0.6 is 0 Å². The van der Waals surface area contributed by atoms with E-state index in [0.29, 0.717) is 52.2 Å². The molecule has 0 bridgehead atoms. The lowest BCUT2D eigenvalue weighted by atomic mass is 10.1. The highest BCUT2D eigenvalue weighted by Crippen LogP contribution is 2.15. The van der Waals surface area contributed by atoms with Gasteiger partial charge in [0, 0.05) is 46.4 Å². The van der Waals surface area contributed by atoms with E-state index in [1.807, 2.05) is 0 Å². The van der Waals surface area contributed by atoms with Crippen LogP contribution in [-0.2, 0) is 19.7 Å². The molecule has 0 spiro atoms. The molecule has 0 amide bonds. The van der Waals surface area contributed by atoms with Crippen LogP contribution in [0.4, 0.5) is 0 Å². The Hall–Kier alpha value is -0.250. The molecule has 1 aliphatic heterocycles. The summed E-state index contributed by atoms with van der Waals surface area (Å²) in [6, 6.07) is 0.109. The molecule has 1 heterocycles. The molecule has 8 heteroatoms. The predicted molar refractivity (Wildman–Crippen MR) is 73.0 cm³/mol. The summed E-state index contributed by atoms with van der Waals surface area (Å²) >= 11 is 0. The number of methoxy groups -OCH3 is 2. The number of nitrogens with zero attached hydrogens (tertiary/aromatic N) is 2. The molecule has 2 N–H and O–H groups in total. The van der Waals surface area contributed by atoms with Gasteiger partial charge in [0.2, 0.25) is 0 Å². The minimum atomic E-state index is -3.44. The monoisotopic (exact) mass is 295 g/mol. The third-order valence-corrected chi connectivity index (χ3v) is 5.28. The van der Waals surface area contributed by atoms with Gasteiger partial charge in [-0.25, -0.2) is 0 Å². The van der Waals surface area contributed by atoms with Crippen molar-refractivity contribution in [3.63, 3.8) is 0 Å². The maximum atomic E-state index is 12.5. The summed E-state index contributed by atoms with van der Waals surface area (Å²) in [6.07, 6.45) is 1.42. The van der Waals surface area contributed by atoms with E-state index in [-0.39, 0.29) is 6.04 Å². The van der Waals surface area contributed by atoms with Gasteiger partial charge in [-0.1, -0.05) is 0 Å². The molecule has 1 saturated heterocycles. The number of piperidine rings is 1. The van der Waals surface area contributed by atoms with Crippen molar-refractivity contribution in [2.45, 2.75) is 18.9 Å². The van der Waals surface area contributed by atoms with Crippen LogP contribution < -0.4 is 5.73 Å². The SMILES string of the molecule is COCCN(CCOC)S(=O)(=O)N1CCC(N)CC1. The molecule has 0 aromatic heterocycles. The Morgan fingerprint density at radius 3 is 2.05 bits per heavy atom. The zero-order valence-electron chi connectivity index (χ0n) is 11.7. The van der Waals surface area contributed by atoms with Crippen molar-refractivity contribution >= 4 is 10.2 Å². The molecule has 0 atom stereocenters. The van der Waals surface area contributed by atoms with E-state index in [9.17, 15) is 8.42 Å². The minimum Gasteiger partial charge on any atom is -0.383 e. The number of hydrogen-bond acceptors (Lipinski definition) is 5. The van der Waals surface area contributed by atoms with E-state index in [2.05, 4.69) is 0 Å². The maximum absolute atomic E-state index is 12.5. The average molecular weight is 295 g/mol. The Bertz CT molecular complexity index is 334. The minimum absolute atomic E-state index is 0.109. The van der Waals surface area contributed by atoms with Crippen LogP contribution in [-0.4, -0.2) is 76.7 Å². The Morgan fingerprint density at radius 1 is 1.16 bits per heavy atom. The number of hydrogen-bond donors (Lipinski definition) is 1. The fourth-order valence-corrected chi connectivity index (χ4v) is 3.61. The zero-order chi connectivity index (χ0) is 14.3. The van der Waals surface area contributed by atoms with Crippen molar-refractivity contribution < 1.29 is 17.9 Å². The Labute approximate surface area is 115 Å². The highest BCUT2D eigenvalue weighted by molar-refractivity contribution is 7.86. The van der Waals surface area contributed by atoms with Gasteiger partial charge < -0.3 is 15.2 Å². The summed E-state index contributed by atoms with van der Waals surface area (Å²) < 4.78 is 37.9. The van der Waals surface area contributed by atoms with E-state index >= 15 is 0 Å². The molecule has 0 radical (unpaired) electrons. The summed E-state index contributed by atoms with van der Waals surface area (Å²) in [4.78, 5) is 0. The molecule has 0 aliphatic carbocycles. The first-order valence-electron chi connectivity index (χ1n) is 6.51. The molecule has 7 nitrogen and oxygen atoms in total. The molecular formula is C11H25N3O4S. The van der Waals surface area contributed by atoms with Crippen LogP contribution in [0.2, 0.25) is 0 Å². The smallest absolute Gasteiger partial charge is 0.282 e. The second-order valence-corrected chi connectivity index (χ2v) is 6.56. The van der Waals surface area contributed by atoms with Crippen LogP contribution in [0, 0.1) is 0 Å². The third kappa shape index (κ3) is 4.97. The molecule has 1 rings (SSSR count). The normalized spacial score (nSPS) is 19.2. The van der Waals surface area contributed by atoms with E-state index < -0.39 is 10.2 Å². The fourth-order valence-electron chi connectivity index (χ4n) is 2.00. The summed E-state index contributed by atoms with van der Waals surface area (Å²) in [7, 11) is -0.328. The summed E-state index contributed by atoms with van der Waals surface area (Å²) in [5.74, 6) is 0. The lowest BCUT2D eigenvalue weighted by Crippen LogP contribution is -2.50. The van der Waals surface area contributed by atoms with Crippen molar-refractivity contribution in [3.05, 3.63) is 0 Å². The molecule has 0 aromatic carbocycles. The second-order valence-electron chi connectivity index (χ2n) is 4.63. The van der Waals surface area contributed by atoms with E-state index in [1.54, 1.807) is 14.2 Å². The first-order chi connectivity index (χ1) is 9.02. The van der Waals surface area contributed by atoms with Gasteiger partial charge in [0.25, 0.3) is 10.2 Å². The fraction of sp³-hybridized carbons (Fsp3) is 1.00. The van der Waals surface area contributed by atoms with E-state index in [0.717, 1.165) is 0 Å². The Balaban J connectivity index is 2.67. The molecule has 0 saturated carbocycles. The maximum Gasteiger partial charge on any atom is 0.282 e. The van der Waals surface area contributed by atoms with Crippen molar-refractivity contribution in [1.82, 2.24) is 8.61 Å². The molecule has 114 valence electrons. The zero-order valence-corrected chi connectivity index (χ0v) is 12.6. The molecule has 1 aliphatic rings. The number of rotatable bonds is 8. The molecule has 19 heavy (non-hydrogen) atoms. The van der Waals surface area contributed by atoms with Crippen LogP contribution in [0.1, 0.15) is 12.8 Å². The lowest BCUT2D eigenvalue weighted by molar-refractivity contribution is 0.145. The van der Waals surface area contributed by atoms with Crippen LogP contribution in [0.3, 0.4) is 0 Å². The second kappa shape index (κ2) is 8.13. The predicted octanol–water partition coefficient (Wildman–Crippen LogP) is -0.751. The topological polar surface area (TPSA) is 85.1 Å². The molecular weight excluding hydrogens is 270 g/mol. The van der Waals surface area contributed by atoms with E-state index in [1.165, 1.54) is 8.61 Å². The van der Waals surface area contributed by atoms with Gasteiger partial charge in [-0.3, -0.25) is 0 Å². The van der Waals surface area contributed by atoms with Crippen molar-refractivity contribution in [2.24, 2.45) is 5.73 Å². The van der Waals surface area contributed by atoms with Crippen LogP contribution in [0.5, 0.6) is 0 Å². The summed E-state index contributed by atoms with van der Waals surface area (Å²) in [5, 5.41) is 0. The highest BCUT2D eigenvalue weighted by atomic mass is 32.2. The quantitative estimate of drug-likeness (QED) is 0.637. The van der Waals surface area contributed by atoms with Gasteiger partial charge in [-0.05, 0) is 12.8 Å². The summed E-state index contributed by atoms with van der Waals surface area (Å²) in [5.41, 5.74) is 5.80. The molecule has 1 fully saturated rings. The standard InChI is InChI=1S/C11H25N3O4S/c1-17-9-7-14(8-10-18-2)19(15,16)13-5-3-11(12)4-6-13/h11H,3-10,12H2,1-2H3. The lowest BCUT2D eigenvalue weighted by Gasteiger charge is -2.33. The molecule has 0 aromatic rings. The van der Waals surface area contributed by atoms with Crippen molar-refractivity contribution in [1.29, 1.82) is 0 Å². The van der Waals surface area contributed by atoms with E-state index in [4.69, 9.17) is 15.2 Å². The summed E-state index contributed by atoms with van der Waals surface area (Å²) in [6.45, 7) is 2.39. The Kier molecular flexibility index (Phi) is 7.19. The number of nitrogens with two attached hydrogens (primary N) is 1. The first-order valence-corrected chi connectivity index (χ1v) is 7.90. The first kappa shape index (κ1) is 16.8. The van der Waals surface area contributed by atoms with Gasteiger partial charge >= 0.3 is 0 Å². The van der Waals surface area contributed by atoms with Gasteiger partial charge in [0.05, 0.1) is 13.2 Å². The van der Waals surface area contributed by atoms with Gasteiger partial charge in [-0.2, -0.15) is 17.0 Å². The van der Waals surface area contributed by atoms with Gasteiger partial charge in [-0.15, -0.1) is 0 Å². The van der Waals surface area contributed by atoms with Crippen LogP contribution in [0.25, 0.3) is 0 Å². The van der Waals surface area contributed by atoms with Crippen LogP contribution in [0.15, 0.2) is 0 Å². The average Bonchev–Trinajstić information content (AvgIpc) is 2.39.